The maximum atomic E-state index is 12.2. The molecule has 1 aromatic rings. The fourth-order valence-corrected chi connectivity index (χ4v) is 5.10. The lowest BCUT2D eigenvalue weighted by atomic mass is 9.76. The predicted octanol–water partition coefficient (Wildman–Crippen LogP) is 2.49. The Morgan fingerprint density at radius 1 is 1.37 bits per heavy atom. The molecule has 4 nitrogen and oxygen atoms in total. The number of thiophene rings is 1. The van der Waals surface area contributed by atoms with Crippen LogP contribution in [0.3, 0.4) is 0 Å². The van der Waals surface area contributed by atoms with Crippen LogP contribution in [0.1, 0.15) is 43.9 Å². The molecule has 2 N–H and O–H groups in total. The zero-order valence-electron chi connectivity index (χ0n) is 11.2. The lowest BCUT2D eigenvalue weighted by Gasteiger charge is -2.33. The van der Waals surface area contributed by atoms with E-state index in [2.05, 4.69) is 11.6 Å². The van der Waals surface area contributed by atoms with Gasteiger partial charge in [0, 0.05) is 11.4 Å². The highest BCUT2D eigenvalue weighted by molar-refractivity contribution is 7.89. The van der Waals surface area contributed by atoms with E-state index >= 15 is 0 Å². The van der Waals surface area contributed by atoms with Crippen molar-refractivity contribution in [2.75, 3.05) is 6.54 Å². The van der Waals surface area contributed by atoms with E-state index in [0.29, 0.717) is 11.4 Å². The molecule has 0 radical (unpaired) electrons. The molecule has 1 aliphatic carbocycles. The first-order valence-electron chi connectivity index (χ1n) is 6.64. The average Bonchev–Trinajstić information content (AvgIpc) is 2.87. The zero-order chi connectivity index (χ0) is 13.9. The van der Waals surface area contributed by atoms with Crippen LogP contribution in [0, 0.1) is 5.41 Å². The summed E-state index contributed by atoms with van der Waals surface area (Å²) in [5, 5.41) is 10.9. The van der Waals surface area contributed by atoms with Gasteiger partial charge >= 0.3 is 0 Å². The van der Waals surface area contributed by atoms with Crippen LogP contribution in [0.2, 0.25) is 0 Å². The van der Waals surface area contributed by atoms with Crippen molar-refractivity contribution in [2.24, 2.45) is 5.41 Å². The van der Waals surface area contributed by atoms with Gasteiger partial charge in [-0.3, -0.25) is 0 Å². The van der Waals surface area contributed by atoms with Crippen molar-refractivity contribution in [3.63, 3.8) is 0 Å². The van der Waals surface area contributed by atoms with Gasteiger partial charge in [-0.2, -0.15) is 0 Å². The molecule has 1 aliphatic rings. The average molecular weight is 303 g/mol. The summed E-state index contributed by atoms with van der Waals surface area (Å²) in [5.41, 5.74) is 0.0702. The van der Waals surface area contributed by atoms with Gasteiger partial charge in [0.1, 0.15) is 0 Å². The van der Waals surface area contributed by atoms with E-state index in [9.17, 15) is 8.42 Å². The van der Waals surface area contributed by atoms with E-state index in [1.54, 1.807) is 11.4 Å². The van der Waals surface area contributed by atoms with Gasteiger partial charge < -0.3 is 5.11 Å². The lowest BCUT2D eigenvalue weighted by Crippen LogP contribution is -2.37. The van der Waals surface area contributed by atoms with Gasteiger partial charge in [-0.15, -0.1) is 11.3 Å². The molecule has 19 heavy (non-hydrogen) atoms. The quantitative estimate of drug-likeness (QED) is 0.878. The van der Waals surface area contributed by atoms with E-state index < -0.39 is 10.0 Å². The minimum Gasteiger partial charge on any atom is -0.391 e. The highest BCUT2D eigenvalue weighted by Crippen LogP contribution is 2.35. The Bertz CT molecular complexity index is 516. The van der Waals surface area contributed by atoms with Crippen LogP contribution in [-0.4, -0.2) is 20.1 Å². The van der Waals surface area contributed by atoms with E-state index in [4.69, 9.17) is 5.11 Å². The molecule has 108 valence electrons. The third-order valence-electron chi connectivity index (χ3n) is 3.89. The highest BCUT2D eigenvalue weighted by Gasteiger charge is 2.29. The van der Waals surface area contributed by atoms with Crippen LogP contribution < -0.4 is 4.72 Å². The molecule has 0 amide bonds. The summed E-state index contributed by atoms with van der Waals surface area (Å²) in [7, 11) is -3.50. The third-order valence-corrected chi connectivity index (χ3v) is 6.41. The summed E-state index contributed by atoms with van der Waals surface area (Å²) in [6, 6.07) is 1.56. The Kier molecular flexibility index (Phi) is 4.66. The minimum absolute atomic E-state index is 0.0702. The van der Waals surface area contributed by atoms with E-state index in [-0.39, 0.29) is 16.9 Å². The monoisotopic (exact) mass is 303 g/mol. The number of nitrogens with one attached hydrogen (secondary N) is 1. The second-order valence-corrected chi connectivity index (χ2v) is 8.30. The van der Waals surface area contributed by atoms with Gasteiger partial charge in [0.05, 0.1) is 11.5 Å². The Hall–Kier alpha value is -0.430. The van der Waals surface area contributed by atoms with Crippen molar-refractivity contribution in [1.29, 1.82) is 0 Å². The first-order valence-corrected chi connectivity index (χ1v) is 9.00. The molecule has 0 unspecified atom stereocenters. The van der Waals surface area contributed by atoms with Gasteiger partial charge in [0.15, 0.2) is 0 Å². The molecule has 1 fully saturated rings. The number of aliphatic hydroxyl groups is 1. The molecule has 0 atom stereocenters. The van der Waals surface area contributed by atoms with Gasteiger partial charge in [0.25, 0.3) is 0 Å². The van der Waals surface area contributed by atoms with Crippen LogP contribution in [0.15, 0.2) is 16.3 Å². The van der Waals surface area contributed by atoms with Gasteiger partial charge in [0.2, 0.25) is 10.0 Å². The minimum atomic E-state index is -3.50. The molecule has 0 spiro atoms. The Balaban J connectivity index is 2.05. The van der Waals surface area contributed by atoms with E-state index in [1.165, 1.54) is 30.6 Å². The maximum Gasteiger partial charge on any atom is 0.241 e. The van der Waals surface area contributed by atoms with Crippen molar-refractivity contribution in [3.8, 4) is 0 Å². The maximum absolute atomic E-state index is 12.2. The first-order chi connectivity index (χ1) is 8.97. The standard InChI is InChI=1S/C13H21NO3S2/c1-13(6-3-2-4-7-13)10-14-19(16,17)12-5-8-18-11(12)9-15/h5,8,14-15H,2-4,6-7,9-10H2,1H3. The second kappa shape index (κ2) is 5.91. The zero-order valence-corrected chi connectivity index (χ0v) is 12.8. The van der Waals surface area contributed by atoms with Gasteiger partial charge in [-0.05, 0) is 29.7 Å². The Morgan fingerprint density at radius 2 is 2.05 bits per heavy atom. The summed E-state index contributed by atoms with van der Waals surface area (Å²) in [5.74, 6) is 0. The van der Waals surface area contributed by atoms with Crippen molar-refractivity contribution in [3.05, 3.63) is 16.3 Å². The van der Waals surface area contributed by atoms with Crippen molar-refractivity contribution >= 4 is 21.4 Å². The predicted molar refractivity (Wildman–Crippen MR) is 76.6 cm³/mol. The van der Waals surface area contributed by atoms with Gasteiger partial charge in [-0.1, -0.05) is 26.2 Å². The number of rotatable bonds is 5. The number of hydrogen-bond acceptors (Lipinski definition) is 4. The van der Waals surface area contributed by atoms with E-state index in [1.807, 2.05) is 0 Å². The summed E-state index contributed by atoms with van der Waals surface area (Å²) in [6.07, 6.45) is 5.76. The molecule has 1 heterocycles. The second-order valence-electron chi connectivity index (χ2n) is 5.56. The largest absolute Gasteiger partial charge is 0.391 e. The van der Waals surface area contributed by atoms with Gasteiger partial charge in [-0.25, -0.2) is 13.1 Å². The summed E-state index contributed by atoms with van der Waals surface area (Å²) in [4.78, 5) is 0.723. The fourth-order valence-electron chi connectivity index (χ4n) is 2.61. The van der Waals surface area contributed by atoms with Crippen LogP contribution in [0.5, 0.6) is 0 Å². The summed E-state index contributed by atoms with van der Waals surface area (Å²) in [6.45, 7) is 2.40. The molecule has 0 bridgehead atoms. The van der Waals surface area contributed by atoms with E-state index in [0.717, 1.165) is 12.8 Å². The highest BCUT2D eigenvalue weighted by atomic mass is 32.2. The molecule has 1 saturated carbocycles. The topological polar surface area (TPSA) is 66.4 Å². The molecule has 0 saturated heterocycles. The molecular formula is C13H21NO3S2. The Labute approximate surface area is 118 Å². The summed E-state index contributed by atoms with van der Waals surface area (Å²) < 4.78 is 27.2. The van der Waals surface area contributed by atoms with Crippen molar-refractivity contribution in [1.82, 2.24) is 4.72 Å². The first kappa shape index (κ1) is 15.0. The SMILES string of the molecule is CC1(CNS(=O)(=O)c2ccsc2CO)CCCCC1. The van der Waals surface area contributed by atoms with Crippen molar-refractivity contribution in [2.45, 2.75) is 50.5 Å². The van der Waals surface area contributed by atoms with Crippen LogP contribution in [0.4, 0.5) is 0 Å². The normalized spacial score (nSPS) is 19.5. The Morgan fingerprint density at radius 3 is 2.68 bits per heavy atom. The number of hydrogen-bond donors (Lipinski definition) is 2. The van der Waals surface area contributed by atoms with Crippen molar-refractivity contribution < 1.29 is 13.5 Å². The number of sulfonamides is 1. The van der Waals surface area contributed by atoms with Crippen LogP contribution >= 0.6 is 11.3 Å². The fraction of sp³-hybridized carbons (Fsp3) is 0.692. The molecule has 0 aromatic carbocycles. The van der Waals surface area contributed by atoms with Crippen LogP contribution in [-0.2, 0) is 16.6 Å². The van der Waals surface area contributed by atoms with Crippen LogP contribution in [0.25, 0.3) is 0 Å². The lowest BCUT2D eigenvalue weighted by molar-refractivity contribution is 0.219. The third kappa shape index (κ3) is 3.56. The molecule has 6 heteroatoms. The molecule has 0 aliphatic heterocycles. The molecule has 2 rings (SSSR count). The number of aliphatic hydroxyl groups excluding tert-OH is 1. The summed E-state index contributed by atoms with van der Waals surface area (Å²) >= 11 is 1.27. The molecular weight excluding hydrogens is 282 g/mol. The smallest absolute Gasteiger partial charge is 0.241 e. The molecule has 1 aromatic heterocycles.